The first-order valence-electron chi connectivity index (χ1n) is 8.18. The summed E-state index contributed by atoms with van der Waals surface area (Å²) in [7, 11) is 0. The smallest absolute Gasteiger partial charge is 0.267 e. The molecule has 1 aromatic heterocycles. The molecule has 0 fully saturated rings. The Hall–Kier alpha value is -2.63. The summed E-state index contributed by atoms with van der Waals surface area (Å²) >= 11 is 0. The van der Waals surface area contributed by atoms with Gasteiger partial charge in [0.2, 0.25) is 0 Å². The largest absolute Gasteiger partial charge is 0.484 e. The van der Waals surface area contributed by atoms with Crippen LogP contribution in [0.25, 0.3) is 0 Å². The van der Waals surface area contributed by atoms with Gasteiger partial charge in [-0.3, -0.25) is 9.59 Å². The molecule has 0 unspecified atom stereocenters. The highest BCUT2D eigenvalue weighted by molar-refractivity contribution is 5.77. The van der Waals surface area contributed by atoms with Gasteiger partial charge in [0, 0.05) is 12.6 Å². The molecule has 2 aromatic rings. The van der Waals surface area contributed by atoms with Gasteiger partial charge >= 0.3 is 0 Å². The molecule has 0 radical (unpaired) electrons. The van der Waals surface area contributed by atoms with Gasteiger partial charge in [-0.1, -0.05) is 18.2 Å². The van der Waals surface area contributed by atoms with Crippen molar-refractivity contribution in [1.82, 2.24) is 15.1 Å². The van der Waals surface area contributed by atoms with Gasteiger partial charge < -0.3 is 10.1 Å². The quantitative estimate of drug-likeness (QED) is 0.866. The average molecular weight is 327 g/mol. The van der Waals surface area contributed by atoms with Gasteiger partial charge in [0.15, 0.2) is 6.61 Å². The molecule has 1 N–H and O–H groups in total. The van der Waals surface area contributed by atoms with Crippen molar-refractivity contribution in [3.05, 3.63) is 57.5 Å². The second-order valence-corrected chi connectivity index (χ2v) is 5.94. The standard InChI is InChI=1S/C18H21N3O3/c1-13-5-2-3-8-16(13)24-12-17(22)19-9-10-21-18(23)11-14-6-4-7-15(14)20-21/h2-3,5,8,11H,4,6-7,9-10,12H2,1H3,(H,19,22). The van der Waals surface area contributed by atoms with Gasteiger partial charge in [-0.2, -0.15) is 5.10 Å². The van der Waals surface area contributed by atoms with E-state index in [1.165, 1.54) is 4.68 Å². The van der Waals surface area contributed by atoms with E-state index < -0.39 is 0 Å². The molecule has 1 aliphatic carbocycles. The van der Waals surface area contributed by atoms with Gasteiger partial charge in [0.25, 0.3) is 11.5 Å². The predicted molar refractivity (Wildman–Crippen MR) is 90.2 cm³/mol. The number of fused-ring (bicyclic) bond motifs is 1. The molecule has 1 aliphatic rings. The first kappa shape index (κ1) is 16.2. The Morgan fingerprint density at radius 3 is 3.00 bits per heavy atom. The molecular weight excluding hydrogens is 306 g/mol. The minimum Gasteiger partial charge on any atom is -0.484 e. The van der Waals surface area contributed by atoms with Gasteiger partial charge in [-0.25, -0.2) is 4.68 Å². The van der Waals surface area contributed by atoms with Crippen molar-refractivity contribution in [2.75, 3.05) is 13.2 Å². The predicted octanol–water partition coefficient (Wildman–Crippen LogP) is 1.24. The van der Waals surface area contributed by atoms with Crippen LogP contribution >= 0.6 is 0 Å². The molecule has 0 spiro atoms. The summed E-state index contributed by atoms with van der Waals surface area (Å²) in [5.74, 6) is 0.483. The fourth-order valence-electron chi connectivity index (χ4n) is 2.81. The SMILES string of the molecule is Cc1ccccc1OCC(=O)NCCn1nc2c(cc1=O)CCC2. The lowest BCUT2D eigenvalue weighted by molar-refractivity contribution is -0.123. The number of hydrogen-bond acceptors (Lipinski definition) is 4. The molecule has 0 bridgehead atoms. The minimum atomic E-state index is -0.215. The number of amides is 1. The number of ether oxygens (including phenoxy) is 1. The van der Waals surface area contributed by atoms with E-state index in [-0.39, 0.29) is 18.1 Å². The number of nitrogens with zero attached hydrogens (tertiary/aromatic N) is 2. The number of nitrogens with one attached hydrogen (secondary N) is 1. The fraction of sp³-hybridized carbons (Fsp3) is 0.389. The molecule has 3 rings (SSSR count). The van der Waals surface area contributed by atoms with Gasteiger partial charge in [-0.15, -0.1) is 0 Å². The molecule has 6 heteroatoms. The van der Waals surface area contributed by atoms with Gasteiger partial charge in [-0.05, 0) is 43.4 Å². The van der Waals surface area contributed by atoms with E-state index in [2.05, 4.69) is 10.4 Å². The molecule has 24 heavy (non-hydrogen) atoms. The third-order valence-corrected chi connectivity index (χ3v) is 4.12. The average Bonchev–Trinajstić information content (AvgIpc) is 3.01. The summed E-state index contributed by atoms with van der Waals surface area (Å²) in [6.07, 6.45) is 2.91. The molecule has 0 saturated heterocycles. The van der Waals surface area contributed by atoms with Crippen molar-refractivity contribution in [1.29, 1.82) is 0 Å². The Labute approximate surface area is 140 Å². The lowest BCUT2D eigenvalue weighted by Gasteiger charge is -2.10. The summed E-state index contributed by atoms with van der Waals surface area (Å²) in [6.45, 7) is 2.60. The number of rotatable bonds is 6. The van der Waals surface area contributed by atoms with Crippen molar-refractivity contribution in [3.63, 3.8) is 0 Å². The lowest BCUT2D eigenvalue weighted by Crippen LogP contribution is -2.34. The van der Waals surface area contributed by atoms with E-state index in [1.54, 1.807) is 6.07 Å². The number of aryl methyl sites for hydroxylation is 3. The zero-order chi connectivity index (χ0) is 16.9. The van der Waals surface area contributed by atoms with Crippen molar-refractivity contribution in [3.8, 4) is 5.75 Å². The van der Waals surface area contributed by atoms with Crippen LogP contribution in [0, 0.1) is 6.92 Å². The first-order chi connectivity index (χ1) is 11.6. The highest BCUT2D eigenvalue weighted by Crippen LogP contribution is 2.17. The van der Waals surface area contributed by atoms with Crippen LogP contribution in [0.2, 0.25) is 0 Å². The van der Waals surface area contributed by atoms with E-state index >= 15 is 0 Å². The van der Waals surface area contributed by atoms with Crippen molar-refractivity contribution in [2.45, 2.75) is 32.7 Å². The van der Waals surface area contributed by atoms with E-state index in [4.69, 9.17) is 4.74 Å². The minimum absolute atomic E-state index is 0.0443. The van der Waals surface area contributed by atoms with Crippen LogP contribution in [0.5, 0.6) is 5.75 Å². The molecule has 0 atom stereocenters. The second kappa shape index (κ2) is 7.29. The topological polar surface area (TPSA) is 73.2 Å². The van der Waals surface area contributed by atoms with Crippen LogP contribution in [0.1, 0.15) is 23.2 Å². The normalized spacial score (nSPS) is 12.7. The molecule has 1 amide bonds. The lowest BCUT2D eigenvalue weighted by atomic mass is 10.2. The van der Waals surface area contributed by atoms with E-state index in [0.717, 1.165) is 36.1 Å². The van der Waals surface area contributed by atoms with Crippen LogP contribution in [0.15, 0.2) is 35.1 Å². The summed E-state index contributed by atoms with van der Waals surface area (Å²) in [6, 6.07) is 9.21. The Balaban J connectivity index is 1.47. The van der Waals surface area contributed by atoms with Crippen LogP contribution < -0.4 is 15.6 Å². The molecule has 1 heterocycles. The summed E-state index contributed by atoms with van der Waals surface area (Å²) < 4.78 is 6.91. The molecular formula is C18H21N3O3. The van der Waals surface area contributed by atoms with Crippen LogP contribution in [0.4, 0.5) is 0 Å². The van der Waals surface area contributed by atoms with Crippen molar-refractivity contribution < 1.29 is 9.53 Å². The Kier molecular flexibility index (Phi) is 4.93. The van der Waals surface area contributed by atoms with E-state index in [0.29, 0.717) is 18.8 Å². The number of aromatic nitrogens is 2. The number of carbonyl (C=O) groups excluding carboxylic acids is 1. The summed E-state index contributed by atoms with van der Waals surface area (Å²) in [5.41, 5.74) is 2.94. The van der Waals surface area contributed by atoms with E-state index in [1.807, 2.05) is 31.2 Å². The number of benzene rings is 1. The molecule has 0 saturated carbocycles. The van der Waals surface area contributed by atoms with Crippen LogP contribution in [-0.2, 0) is 24.2 Å². The maximum Gasteiger partial charge on any atom is 0.267 e. The highest BCUT2D eigenvalue weighted by Gasteiger charge is 2.14. The second-order valence-electron chi connectivity index (χ2n) is 5.94. The van der Waals surface area contributed by atoms with Crippen LogP contribution in [0.3, 0.4) is 0 Å². The third kappa shape index (κ3) is 3.82. The maximum absolute atomic E-state index is 12.0. The summed E-state index contributed by atoms with van der Waals surface area (Å²) in [5, 5.41) is 7.13. The van der Waals surface area contributed by atoms with Gasteiger partial charge in [0.05, 0.1) is 12.2 Å². The number of carbonyl (C=O) groups is 1. The number of hydrogen-bond donors (Lipinski definition) is 1. The highest BCUT2D eigenvalue weighted by atomic mass is 16.5. The van der Waals surface area contributed by atoms with Crippen molar-refractivity contribution >= 4 is 5.91 Å². The molecule has 6 nitrogen and oxygen atoms in total. The first-order valence-corrected chi connectivity index (χ1v) is 8.18. The van der Waals surface area contributed by atoms with Crippen LogP contribution in [-0.4, -0.2) is 28.8 Å². The molecule has 1 aromatic carbocycles. The van der Waals surface area contributed by atoms with E-state index in [9.17, 15) is 9.59 Å². The van der Waals surface area contributed by atoms with Gasteiger partial charge in [0.1, 0.15) is 5.75 Å². The third-order valence-electron chi connectivity index (χ3n) is 4.12. The number of para-hydroxylation sites is 1. The Morgan fingerprint density at radius 1 is 1.33 bits per heavy atom. The van der Waals surface area contributed by atoms with Crippen molar-refractivity contribution in [2.24, 2.45) is 0 Å². The zero-order valence-corrected chi connectivity index (χ0v) is 13.7. The maximum atomic E-state index is 12.0. The molecule has 126 valence electrons. The molecule has 0 aliphatic heterocycles. The zero-order valence-electron chi connectivity index (χ0n) is 13.7. The Bertz CT molecular complexity index is 798. The fourth-order valence-corrected chi connectivity index (χ4v) is 2.81. The summed E-state index contributed by atoms with van der Waals surface area (Å²) in [4.78, 5) is 23.8. The monoisotopic (exact) mass is 327 g/mol. The Morgan fingerprint density at radius 2 is 2.17 bits per heavy atom.